The van der Waals surface area contributed by atoms with Gasteiger partial charge in [-0.25, -0.2) is 5.84 Å². The van der Waals surface area contributed by atoms with Crippen LogP contribution in [0, 0.1) is 0 Å². The first kappa shape index (κ1) is 6.84. The second kappa shape index (κ2) is 2.54. The quantitative estimate of drug-likeness (QED) is 0.218. The summed E-state index contributed by atoms with van der Waals surface area (Å²) in [6, 6.07) is -0.524. The predicted octanol–water partition coefficient (Wildman–Crippen LogP) is -2.26. The summed E-state index contributed by atoms with van der Waals surface area (Å²) in [7, 11) is 0. The molecule has 6 heteroatoms. The molecule has 0 unspecified atom stereocenters. The van der Waals surface area contributed by atoms with E-state index in [4.69, 9.17) is 11.6 Å². The van der Waals surface area contributed by atoms with Crippen LogP contribution in [0.15, 0.2) is 10.2 Å². The summed E-state index contributed by atoms with van der Waals surface area (Å²) in [4.78, 5) is 10.7. The van der Waals surface area contributed by atoms with Gasteiger partial charge in [-0.05, 0) is 0 Å². The molecule has 10 heavy (non-hydrogen) atoms. The van der Waals surface area contributed by atoms with Gasteiger partial charge in [-0.1, -0.05) is 0 Å². The van der Waals surface area contributed by atoms with E-state index >= 15 is 0 Å². The number of nitrogens with two attached hydrogens (primary N) is 2. The number of hydrazine groups is 1. The van der Waals surface area contributed by atoms with E-state index < -0.39 is 11.9 Å². The van der Waals surface area contributed by atoms with Gasteiger partial charge in [0.1, 0.15) is 0 Å². The van der Waals surface area contributed by atoms with Crippen molar-refractivity contribution in [1.82, 2.24) is 5.43 Å². The van der Waals surface area contributed by atoms with Crippen LogP contribution in [0.25, 0.3) is 0 Å². The summed E-state index contributed by atoms with van der Waals surface area (Å²) >= 11 is 0. The van der Waals surface area contributed by atoms with Gasteiger partial charge in [0.25, 0.3) is 5.91 Å². The number of nitrogens with zero attached hydrogens (tertiary/aromatic N) is 2. The minimum absolute atomic E-state index is 0.141. The lowest BCUT2D eigenvalue weighted by Crippen LogP contribution is -2.44. The highest BCUT2D eigenvalue weighted by Gasteiger charge is 2.20. The van der Waals surface area contributed by atoms with Crippen molar-refractivity contribution in [3.63, 3.8) is 0 Å². The topological polar surface area (TPSA) is 106 Å². The molecule has 1 aliphatic heterocycles. The third-order valence-electron chi connectivity index (χ3n) is 1.07. The number of hydrogen-bond acceptors (Lipinski definition) is 5. The van der Waals surface area contributed by atoms with Crippen LogP contribution in [0.3, 0.4) is 0 Å². The van der Waals surface area contributed by atoms with E-state index in [0.29, 0.717) is 0 Å². The van der Waals surface area contributed by atoms with Gasteiger partial charge in [0.2, 0.25) is 0 Å². The third-order valence-corrected chi connectivity index (χ3v) is 1.07. The van der Waals surface area contributed by atoms with Crippen molar-refractivity contribution >= 4 is 17.8 Å². The normalized spacial score (nSPS) is 22.6. The molecule has 0 saturated heterocycles. The Bertz CT molecular complexity index is 208. The van der Waals surface area contributed by atoms with Gasteiger partial charge in [0.05, 0.1) is 12.3 Å². The third kappa shape index (κ3) is 1.02. The van der Waals surface area contributed by atoms with Crippen LogP contribution in [0.5, 0.6) is 0 Å². The average Bonchev–Trinajstić information content (AvgIpc) is 2.34. The number of carbonyl (C=O) groups is 1. The Labute approximate surface area is 57.0 Å². The Morgan fingerprint density at radius 1 is 1.80 bits per heavy atom. The minimum atomic E-state index is -0.524. The first-order chi connectivity index (χ1) is 4.75. The number of hydrogen-bond donors (Lipinski definition) is 3. The molecule has 1 aliphatic rings. The molecule has 0 aliphatic carbocycles. The highest BCUT2D eigenvalue weighted by atomic mass is 16.2. The molecule has 6 nitrogen and oxygen atoms in total. The SMILES string of the molecule is NNC(=O)C1=NN=C[C@@H]1N. The van der Waals surface area contributed by atoms with E-state index in [9.17, 15) is 4.79 Å². The zero-order chi connectivity index (χ0) is 7.56. The standard InChI is InChI=1S/C4H7N5O/c5-2-1-7-9-3(2)4(10)8-6/h1-2H,5-6H2,(H,8,10)/t2-/m0/s1. The molecule has 1 rings (SSSR count). The van der Waals surface area contributed by atoms with Crippen molar-refractivity contribution in [2.45, 2.75) is 6.04 Å². The van der Waals surface area contributed by atoms with Crippen molar-refractivity contribution in [3.8, 4) is 0 Å². The highest BCUT2D eigenvalue weighted by Crippen LogP contribution is 1.92. The Morgan fingerprint density at radius 2 is 2.50 bits per heavy atom. The van der Waals surface area contributed by atoms with Gasteiger partial charge in [0, 0.05) is 0 Å². The molecule has 1 atom stereocenters. The monoisotopic (exact) mass is 141 g/mol. The van der Waals surface area contributed by atoms with Crippen molar-refractivity contribution in [3.05, 3.63) is 0 Å². The summed E-state index contributed by atoms with van der Waals surface area (Å²) in [5, 5.41) is 6.89. The summed E-state index contributed by atoms with van der Waals surface area (Å²) in [6.07, 6.45) is 1.37. The highest BCUT2D eigenvalue weighted by molar-refractivity contribution is 6.44. The Kier molecular flexibility index (Phi) is 1.74. The van der Waals surface area contributed by atoms with Crippen LogP contribution in [0.4, 0.5) is 0 Å². The average molecular weight is 141 g/mol. The number of rotatable bonds is 1. The van der Waals surface area contributed by atoms with E-state index in [-0.39, 0.29) is 5.71 Å². The summed E-state index contributed by atoms with van der Waals surface area (Å²) in [6.45, 7) is 0. The fraction of sp³-hybridized carbons (Fsp3) is 0.250. The first-order valence-corrected chi connectivity index (χ1v) is 2.63. The van der Waals surface area contributed by atoms with Crippen LogP contribution in [-0.4, -0.2) is 23.9 Å². The maximum atomic E-state index is 10.7. The summed E-state index contributed by atoms with van der Waals surface area (Å²) in [5.41, 5.74) is 7.41. The molecule has 0 radical (unpaired) electrons. The van der Waals surface area contributed by atoms with Crippen molar-refractivity contribution < 1.29 is 4.79 Å². The Balaban J connectivity index is 2.68. The van der Waals surface area contributed by atoms with E-state index in [1.54, 1.807) is 0 Å². The first-order valence-electron chi connectivity index (χ1n) is 2.63. The molecule has 0 fully saturated rings. The summed E-state index contributed by atoms with van der Waals surface area (Å²) in [5.74, 6) is 4.33. The molecule has 0 saturated carbocycles. The molecular formula is C4H7N5O. The molecule has 1 heterocycles. The van der Waals surface area contributed by atoms with Gasteiger partial charge in [-0.3, -0.25) is 10.2 Å². The van der Waals surface area contributed by atoms with Gasteiger partial charge in [-0.15, -0.1) is 5.10 Å². The van der Waals surface area contributed by atoms with Crippen LogP contribution < -0.4 is 17.0 Å². The molecule has 0 aromatic carbocycles. The second-order valence-electron chi connectivity index (χ2n) is 1.75. The van der Waals surface area contributed by atoms with Gasteiger partial charge in [0.15, 0.2) is 5.71 Å². The van der Waals surface area contributed by atoms with Gasteiger partial charge >= 0.3 is 0 Å². The zero-order valence-electron chi connectivity index (χ0n) is 5.11. The van der Waals surface area contributed by atoms with Gasteiger partial charge < -0.3 is 5.73 Å². The van der Waals surface area contributed by atoms with E-state index in [2.05, 4.69) is 10.2 Å². The molecule has 1 amide bonds. The minimum Gasteiger partial charge on any atom is -0.318 e. The molecular weight excluding hydrogens is 134 g/mol. The molecule has 0 bridgehead atoms. The van der Waals surface area contributed by atoms with E-state index in [0.717, 1.165) is 0 Å². The van der Waals surface area contributed by atoms with Crippen molar-refractivity contribution in [2.75, 3.05) is 0 Å². The number of nitrogens with one attached hydrogen (secondary N) is 1. The van der Waals surface area contributed by atoms with Gasteiger partial charge in [-0.2, -0.15) is 5.10 Å². The molecule has 5 N–H and O–H groups in total. The molecule has 0 aromatic heterocycles. The van der Waals surface area contributed by atoms with Crippen LogP contribution in [0.1, 0.15) is 0 Å². The van der Waals surface area contributed by atoms with Crippen LogP contribution in [0.2, 0.25) is 0 Å². The van der Waals surface area contributed by atoms with Crippen molar-refractivity contribution in [1.29, 1.82) is 0 Å². The largest absolute Gasteiger partial charge is 0.318 e. The van der Waals surface area contributed by atoms with Crippen LogP contribution >= 0.6 is 0 Å². The predicted molar refractivity (Wildman–Crippen MR) is 36.2 cm³/mol. The van der Waals surface area contributed by atoms with E-state index in [1.165, 1.54) is 6.21 Å². The smallest absolute Gasteiger partial charge is 0.283 e. The summed E-state index contributed by atoms with van der Waals surface area (Å²) < 4.78 is 0. The molecule has 0 aromatic rings. The maximum Gasteiger partial charge on any atom is 0.283 e. The Morgan fingerprint density at radius 3 is 2.90 bits per heavy atom. The lowest BCUT2D eigenvalue weighted by atomic mass is 10.2. The fourth-order valence-electron chi connectivity index (χ4n) is 0.575. The number of amides is 1. The number of carbonyl (C=O) groups excluding carboxylic acids is 1. The van der Waals surface area contributed by atoms with Crippen LogP contribution in [-0.2, 0) is 4.79 Å². The molecule has 0 spiro atoms. The van der Waals surface area contributed by atoms with Crippen molar-refractivity contribution in [2.24, 2.45) is 21.8 Å². The second-order valence-corrected chi connectivity index (χ2v) is 1.75. The maximum absolute atomic E-state index is 10.7. The Hall–Kier alpha value is -1.27. The zero-order valence-corrected chi connectivity index (χ0v) is 5.11. The lowest BCUT2D eigenvalue weighted by Gasteiger charge is -2.00. The fourth-order valence-corrected chi connectivity index (χ4v) is 0.575. The molecule has 54 valence electrons. The van der Waals surface area contributed by atoms with E-state index in [1.807, 2.05) is 5.43 Å². The lowest BCUT2D eigenvalue weighted by molar-refractivity contribution is -0.114.